The number of amidine groups is 1. The number of hydrogen-bond acceptors (Lipinski definition) is 2. The zero-order valence-electron chi connectivity index (χ0n) is 9.42. The van der Waals surface area contributed by atoms with Gasteiger partial charge in [0.15, 0.2) is 0 Å². The SMILES string of the molecule is CCCCSCc1ccc(C(=N)N)cc1F. The summed E-state index contributed by atoms with van der Waals surface area (Å²) < 4.78 is 13.6. The van der Waals surface area contributed by atoms with E-state index in [1.54, 1.807) is 23.9 Å². The van der Waals surface area contributed by atoms with Gasteiger partial charge in [0.1, 0.15) is 11.7 Å². The minimum atomic E-state index is -0.267. The molecule has 16 heavy (non-hydrogen) atoms. The molecule has 0 amide bonds. The van der Waals surface area contributed by atoms with Crippen LogP contribution in [0.25, 0.3) is 0 Å². The standard InChI is InChI=1S/C12H17FN2S/c1-2-3-6-16-8-10-5-4-9(12(14)15)7-11(10)13/h4-5,7H,2-3,6,8H2,1H3,(H3,14,15). The molecule has 0 aliphatic carbocycles. The molecular weight excluding hydrogens is 223 g/mol. The maximum Gasteiger partial charge on any atom is 0.127 e. The zero-order valence-corrected chi connectivity index (χ0v) is 10.2. The highest BCUT2D eigenvalue weighted by Gasteiger charge is 2.05. The van der Waals surface area contributed by atoms with E-state index in [1.165, 1.54) is 12.5 Å². The van der Waals surface area contributed by atoms with Crippen LogP contribution in [0.2, 0.25) is 0 Å². The highest BCUT2D eigenvalue weighted by atomic mass is 32.2. The summed E-state index contributed by atoms with van der Waals surface area (Å²) in [6, 6.07) is 4.74. The Morgan fingerprint density at radius 1 is 1.50 bits per heavy atom. The molecule has 0 aliphatic heterocycles. The van der Waals surface area contributed by atoms with Crippen LogP contribution in [-0.2, 0) is 5.75 Å². The monoisotopic (exact) mass is 240 g/mol. The van der Waals surface area contributed by atoms with Gasteiger partial charge in [0, 0.05) is 11.3 Å². The first-order chi connectivity index (χ1) is 7.65. The van der Waals surface area contributed by atoms with Crippen LogP contribution in [0.3, 0.4) is 0 Å². The first-order valence-corrected chi connectivity index (χ1v) is 6.51. The molecule has 3 N–H and O–H groups in total. The summed E-state index contributed by atoms with van der Waals surface area (Å²) in [6.07, 6.45) is 2.33. The van der Waals surface area contributed by atoms with Crippen molar-refractivity contribution >= 4 is 17.6 Å². The molecule has 0 fully saturated rings. The maximum atomic E-state index is 13.6. The average Bonchev–Trinajstić information content (AvgIpc) is 2.26. The fourth-order valence-corrected chi connectivity index (χ4v) is 2.35. The number of unbranched alkanes of at least 4 members (excludes halogenated alkanes) is 1. The fraction of sp³-hybridized carbons (Fsp3) is 0.417. The zero-order chi connectivity index (χ0) is 12.0. The molecule has 4 heteroatoms. The number of rotatable bonds is 6. The molecule has 0 aromatic heterocycles. The molecule has 0 saturated carbocycles. The van der Waals surface area contributed by atoms with Gasteiger partial charge in [0.05, 0.1) is 0 Å². The predicted octanol–water partition coefficient (Wildman–Crippen LogP) is 3.14. The van der Waals surface area contributed by atoms with Crippen LogP contribution in [0.4, 0.5) is 4.39 Å². The van der Waals surface area contributed by atoms with Crippen LogP contribution >= 0.6 is 11.8 Å². The van der Waals surface area contributed by atoms with Crippen molar-refractivity contribution in [3.63, 3.8) is 0 Å². The minimum absolute atomic E-state index is 0.0934. The van der Waals surface area contributed by atoms with Gasteiger partial charge in [-0.15, -0.1) is 0 Å². The van der Waals surface area contributed by atoms with Gasteiger partial charge in [-0.2, -0.15) is 11.8 Å². The van der Waals surface area contributed by atoms with Gasteiger partial charge in [-0.25, -0.2) is 4.39 Å². The molecule has 1 rings (SSSR count). The van der Waals surface area contributed by atoms with Crippen molar-refractivity contribution in [2.75, 3.05) is 5.75 Å². The lowest BCUT2D eigenvalue weighted by Crippen LogP contribution is -2.11. The molecule has 0 spiro atoms. The Morgan fingerprint density at radius 2 is 2.25 bits per heavy atom. The van der Waals surface area contributed by atoms with E-state index in [2.05, 4.69) is 6.92 Å². The Balaban J connectivity index is 2.57. The third-order valence-corrected chi connectivity index (χ3v) is 3.36. The van der Waals surface area contributed by atoms with E-state index in [9.17, 15) is 4.39 Å². The van der Waals surface area contributed by atoms with Crippen molar-refractivity contribution in [3.05, 3.63) is 35.1 Å². The number of hydrogen-bond donors (Lipinski definition) is 2. The molecular formula is C12H17FN2S. The molecule has 0 bridgehead atoms. The van der Waals surface area contributed by atoms with Gasteiger partial charge in [0.2, 0.25) is 0 Å². The third kappa shape index (κ3) is 3.85. The molecule has 0 heterocycles. The summed E-state index contributed by atoms with van der Waals surface area (Å²) in [4.78, 5) is 0. The Bertz CT molecular complexity index is 366. The molecule has 0 saturated heterocycles. The normalized spacial score (nSPS) is 10.4. The second kappa shape index (κ2) is 6.53. The van der Waals surface area contributed by atoms with E-state index >= 15 is 0 Å². The highest BCUT2D eigenvalue weighted by molar-refractivity contribution is 7.98. The number of benzene rings is 1. The van der Waals surface area contributed by atoms with Crippen LogP contribution in [0.1, 0.15) is 30.9 Å². The van der Waals surface area contributed by atoms with Crippen molar-refractivity contribution in [2.45, 2.75) is 25.5 Å². The Kier molecular flexibility index (Phi) is 5.32. The smallest absolute Gasteiger partial charge is 0.127 e. The quantitative estimate of drug-likeness (QED) is 0.456. The lowest BCUT2D eigenvalue weighted by Gasteiger charge is -2.05. The predicted molar refractivity (Wildman–Crippen MR) is 68.5 cm³/mol. The van der Waals surface area contributed by atoms with Gasteiger partial charge in [-0.3, -0.25) is 5.41 Å². The van der Waals surface area contributed by atoms with E-state index in [1.807, 2.05) is 0 Å². The van der Waals surface area contributed by atoms with Gasteiger partial charge >= 0.3 is 0 Å². The van der Waals surface area contributed by atoms with Crippen LogP contribution in [0.5, 0.6) is 0 Å². The first kappa shape index (κ1) is 13.0. The Hall–Kier alpha value is -1.03. The summed E-state index contributed by atoms with van der Waals surface area (Å²) in [5, 5.41) is 7.20. The second-order valence-electron chi connectivity index (χ2n) is 3.63. The number of nitrogen functional groups attached to an aromatic ring is 1. The molecule has 0 aliphatic rings. The van der Waals surface area contributed by atoms with Crippen molar-refractivity contribution in [1.29, 1.82) is 5.41 Å². The molecule has 1 aromatic carbocycles. The molecule has 0 unspecified atom stereocenters. The topological polar surface area (TPSA) is 49.9 Å². The van der Waals surface area contributed by atoms with Crippen LogP contribution in [0.15, 0.2) is 18.2 Å². The maximum absolute atomic E-state index is 13.6. The number of thioether (sulfide) groups is 1. The fourth-order valence-electron chi connectivity index (χ4n) is 1.26. The number of nitrogens with one attached hydrogen (secondary N) is 1. The first-order valence-electron chi connectivity index (χ1n) is 5.35. The summed E-state index contributed by atoms with van der Waals surface area (Å²) in [5.41, 5.74) is 6.41. The molecule has 1 aromatic rings. The van der Waals surface area contributed by atoms with Crippen LogP contribution in [0, 0.1) is 11.2 Å². The summed E-state index contributed by atoms with van der Waals surface area (Å²) >= 11 is 1.73. The molecule has 2 nitrogen and oxygen atoms in total. The number of nitrogens with two attached hydrogens (primary N) is 1. The lowest BCUT2D eigenvalue weighted by atomic mass is 10.1. The Labute approximate surface area is 99.9 Å². The van der Waals surface area contributed by atoms with Gasteiger partial charge < -0.3 is 5.73 Å². The molecule has 0 atom stereocenters. The van der Waals surface area contributed by atoms with Crippen molar-refractivity contribution in [1.82, 2.24) is 0 Å². The summed E-state index contributed by atoms with van der Waals surface area (Å²) in [5.74, 6) is 1.38. The van der Waals surface area contributed by atoms with E-state index in [-0.39, 0.29) is 11.7 Å². The van der Waals surface area contributed by atoms with Gasteiger partial charge in [-0.1, -0.05) is 25.5 Å². The average molecular weight is 240 g/mol. The summed E-state index contributed by atoms with van der Waals surface area (Å²) in [7, 11) is 0. The number of halogens is 1. The van der Waals surface area contributed by atoms with Gasteiger partial charge in [-0.05, 0) is 23.8 Å². The van der Waals surface area contributed by atoms with E-state index in [0.29, 0.717) is 16.9 Å². The minimum Gasteiger partial charge on any atom is -0.384 e. The largest absolute Gasteiger partial charge is 0.384 e. The lowest BCUT2D eigenvalue weighted by molar-refractivity contribution is 0.617. The summed E-state index contributed by atoms with van der Waals surface area (Å²) in [6.45, 7) is 2.14. The molecule has 0 radical (unpaired) electrons. The molecule has 88 valence electrons. The van der Waals surface area contributed by atoms with Crippen molar-refractivity contribution in [3.8, 4) is 0 Å². The van der Waals surface area contributed by atoms with E-state index in [0.717, 1.165) is 12.2 Å². The van der Waals surface area contributed by atoms with Crippen LogP contribution < -0.4 is 5.73 Å². The third-order valence-electron chi connectivity index (χ3n) is 2.26. The van der Waals surface area contributed by atoms with Gasteiger partial charge in [0.25, 0.3) is 0 Å². The van der Waals surface area contributed by atoms with E-state index in [4.69, 9.17) is 11.1 Å². The van der Waals surface area contributed by atoms with E-state index < -0.39 is 0 Å². The second-order valence-corrected chi connectivity index (χ2v) is 4.73. The van der Waals surface area contributed by atoms with Crippen LogP contribution in [-0.4, -0.2) is 11.6 Å². The highest BCUT2D eigenvalue weighted by Crippen LogP contribution is 2.18. The van der Waals surface area contributed by atoms with Crippen molar-refractivity contribution in [2.24, 2.45) is 5.73 Å². The Morgan fingerprint density at radius 3 is 2.81 bits per heavy atom. The van der Waals surface area contributed by atoms with Crippen molar-refractivity contribution < 1.29 is 4.39 Å².